The standard InChI is InChI=1S/C22H25Cl2N5O8S/c1-2-35-21(34)14-11(23)3-10(4-12(14)24)36-6-9(31)7-38-22-28-15-18(25)26-8-27-19(15)29(22)20-17(33)16(32)13(5-30)37-20/h3-4,8-9,13,16-17,20,30-33H,2,5-7H2,1H3,(H2,25,26,27)/t9?,13-,16-,17-,20-/m1/s1. The number of aliphatic hydroxyl groups is 4. The van der Waals surface area contributed by atoms with Crippen LogP contribution in [0.4, 0.5) is 5.82 Å². The van der Waals surface area contributed by atoms with Gasteiger partial charge >= 0.3 is 5.97 Å². The van der Waals surface area contributed by atoms with Crippen molar-refractivity contribution in [1.82, 2.24) is 19.5 Å². The third-order valence-electron chi connectivity index (χ3n) is 5.59. The number of aliphatic hydroxyl groups excluding tert-OH is 4. The van der Waals surface area contributed by atoms with Crippen LogP contribution in [-0.4, -0.2) is 95.9 Å². The smallest absolute Gasteiger partial charge is 0.341 e. The number of fused-ring (bicyclic) bond motifs is 1. The van der Waals surface area contributed by atoms with Gasteiger partial charge in [-0.3, -0.25) is 4.57 Å². The first-order valence-corrected chi connectivity index (χ1v) is 13.1. The van der Waals surface area contributed by atoms with Crippen LogP contribution in [0.5, 0.6) is 5.75 Å². The summed E-state index contributed by atoms with van der Waals surface area (Å²) in [6.07, 6.45) is -4.66. The van der Waals surface area contributed by atoms with E-state index in [0.717, 1.165) is 11.8 Å². The lowest BCUT2D eigenvalue weighted by molar-refractivity contribution is -0.0548. The van der Waals surface area contributed by atoms with Crippen LogP contribution in [0.15, 0.2) is 23.6 Å². The second kappa shape index (κ2) is 12.2. The van der Waals surface area contributed by atoms with Gasteiger partial charge in [0, 0.05) is 5.75 Å². The van der Waals surface area contributed by atoms with Gasteiger partial charge in [0.1, 0.15) is 37.0 Å². The number of hydrogen-bond donors (Lipinski definition) is 5. The molecule has 16 heteroatoms. The van der Waals surface area contributed by atoms with Crippen molar-refractivity contribution in [3.63, 3.8) is 0 Å². The van der Waals surface area contributed by atoms with Crippen LogP contribution >= 0.6 is 35.0 Å². The van der Waals surface area contributed by atoms with Crippen LogP contribution < -0.4 is 10.5 Å². The van der Waals surface area contributed by atoms with Gasteiger partial charge in [0.15, 0.2) is 28.4 Å². The molecule has 38 heavy (non-hydrogen) atoms. The molecule has 2 aromatic heterocycles. The monoisotopic (exact) mass is 589 g/mol. The van der Waals surface area contributed by atoms with Crippen LogP contribution in [0.2, 0.25) is 10.0 Å². The molecule has 0 spiro atoms. The number of carbonyl (C=O) groups is 1. The minimum absolute atomic E-state index is 0.0183. The maximum atomic E-state index is 12.0. The van der Waals surface area contributed by atoms with Crippen molar-refractivity contribution < 1.29 is 39.4 Å². The quantitative estimate of drug-likeness (QED) is 0.166. The Kier molecular flexibility index (Phi) is 9.15. The molecular weight excluding hydrogens is 565 g/mol. The van der Waals surface area contributed by atoms with Gasteiger partial charge in [-0.15, -0.1) is 0 Å². The molecular formula is C22H25Cl2N5O8S. The molecule has 6 N–H and O–H groups in total. The van der Waals surface area contributed by atoms with Gasteiger partial charge in [-0.2, -0.15) is 0 Å². The lowest BCUT2D eigenvalue weighted by Crippen LogP contribution is -2.33. The zero-order valence-corrected chi connectivity index (χ0v) is 22.2. The van der Waals surface area contributed by atoms with Crippen molar-refractivity contribution in [2.24, 2.45) is 0 Å². The molecule has 1 aliphatic heterocycles. The Bertz CT molecular complexity index is 1290. The number of carbonyl (C=O) groups excluding carboxylic acids is 1. The molecule has 3 aromatic rings. The van der Waals surface area contributed by atoms with Gasteiger partial charge in [-0.05, 0) is 19.1 Å². The molecule has 0 amide bonds. The van der Waals surface area contributed by atoms with E-state index in [0.29, 0.717) is 0 Å². The van der Waals surface area contributed by atoms with Gasteiger partial charge in [0.2, 0.25) is 0 Å². The number of nitrogen functional groups attached to an aromatic ring is 1. The van der Waals surface area contributed by atoms with E-state index in [4.69, 9.17) is 43.1 Å². The molecule has 13 nitrogen and oxygen atoms in total. The molecule has 5 atom stereocenters. The number of anilines is 1. The highest BCUT2D eigenvalue weighted by Crippen LogP contribution is 2.36. The predicted octanol–water partition coefficient (Wildman–Crippen LogP) is 1.04. The molecule has 1 saturated heterocycles. The highest BCUT2D eigenvalue weighted by Gasteiger charge is 2.45. The molecule has 0 saturated carbocycles. The van der Waals surface area contributed by atoms with Crippen molar-refractivity contribution >= 4 is 57.9 Å². The Balaban J connectivity index is 1.48. The van der Waals surface area contributed by atoms with E-state index >= 15 is 0 Å². The molecule has 1 fully saturated rings. The van der Waals surface area contributed by atoms with Crippen molar-refractivity contribution in [2.75, 3.05) is 31.3 Å². The SMILES string of the molecule is CCOC(=O)c1c(Cl)cc(OCC(O)CSc2nc3c(N)ncnc3n2[C@@H]2O[C@H](CO)[C@@H](O)[C@H]2O)cc1Cl. The number of hydrogen-bond acceptors (Lipinski definition) is 13. The van der Waals surface area contributed by atoms with Gasteiger partial charge in [0.25, 0.3) is 0 Å². The Morgan fingerprint density at radius 2 is 1.97 bits per heavy atom. The Morgan fingerprint density at radius 3 is 2.61 bits per heavy atom. The third kappa shape index (κ3) is 5.77. The van der Waals surface area contributed by atoms with E-state index in [9.17, 15) is 25.2 Å². The molecule has 4 rings (SSSR count). The summed E-state index contributed by atoms with van der Waals surface area (Å²) >= 11 is 13.4. The van der Waals surface area contributed by atoms with E-state index < -0.39 is 43.2 Å². The Hall–Kier alpha value is -2.43. The van der Waals surface area contributed by atoms with Crippen molar-refractivity contribution in [1.29, 1.82) is 0 Å². The molecule has 1 aliphatic rings. The molecule has 1 aromatic carbocycles. The maximum Gasteiger partial charge on any atom is 0.341 e. The number of benzene rings is 1. The zero-order valence-electron chi connectivity index (χ0n) is 19.9. The number of ether oxygens (including phenoxy) is 3. The van der Waals surface area contributed by atoms with Crippen molar-refractivity contribution in [3.8, 4) is 5.75 Å². The lowest BCUT2D eigenvalue weighted by Gasteiger charge is -2.19. The number of nitrogens with zero attached hydrogens (tertiary/aromatic N) is 4. The highest BCUT2D eigenvalue weighted by molar-refractivity contribution is 7.99. The number of imidazole rings is 1. The fourth-order valence-electron chi connectivity index (χ4n) is 3.77. The molecule has 1 unspecified atom stereocenters. The molecule has 206 valence electrons. The number of rotatable bonds is 10. The third-order valence-corrected chi connectivity index (χ3v) is 7.28. The summed E-state index contributed by atoms with van der Waals surface area (Å²) in [6.45, 7) is 1.15. The summed E-state index contributed by atoms with van der Waals surface area (Å²) in [5, 5.41) is 41.2. The Morgan fingerprint density at radius 1 is 1.26 bits per heavy atom. The second-order valence-corrected chi connectivity index (χ2v) is 9.98. The minimum Gasteiger partial charge on any atom is -0.491 e. The Labute approximate surface area is 230 Å². The van der Waals surface area contributed by atoms with E-state index in [1.54, 1.807) is 6.92 Å². The van der Waals surface area contributed by atoms with Crippen LogP contribution in [0.25, 0.3) is 11.2 Å². The summed E-state index contributed by atoms with van der Waals surface area (Å²) in [4.78, 5) is 24.6. The summed E-state index contributed by atoms with van der Waals surface area (Å²) in [5.74, 6) is -0.258. The maximum absolute atomic E-state index is 12.0. The van der Waals surface area contributed by atoms with Crippen molar-refractivity contribution in [3.05, 3.63) is 34.1 Å². The van der Waals surface area contributed by atoms with Crippen LogP contribution in [0.3, 0.4) is 0 Å². The van der Waals surface area contributed by atoms with Crippen LogP contribution in [0.1, 0.15) is 23.5 Å². The van der Waals surface area contributed by atoms with Gasteiger partial charge in [-0.25, -0.2) is 19.7 Å². The highest BCUT2D eigenvalue weighted by atomic mass is 35.5. The molecule has 3 heterocycles. The molecule has 0 aliphatic carbocycles. The largest absolute Gasteiger partial charge is 0.491 e. The van der Waals surface area contributed by atoms with Crippen molar-refractivity contribution in [2.45, 2.75) is 42.7 Å². The fraction of sp³-hybridized carbons (Fsp3) is 0.455. The van der Waals surface area contributed by atoms with Gasteiger partial charge < -0.3 is 40.4 Å². The van der Waals surface area contributed by atoms with Crippen LogP contribution in [-0.2, 0) is 9.47 Å². The number of nitrogens with two attached hydrogens (primary N) is 1. The van der Waals surface area contributed by atoms with Gasteiger partial charge in [0.05, 0.1) is 34.9 Å². The van der Waals surface area contributed by atoms with E-state index in [1.165, 1.54) is 23.0 Å². The topological polar surface area (TPSA) is 195 Å². The second-order valence-electron chi connectivity index (χ2n) is 8.18. The number of esters is 1. The van der Waals surface area contributed by atoms with Gasteiger partial charge in [-0.1, -0.05) is 35.0 Å². The average Bonchev–Trinajstić information content (AvgIpc) is 3.38. The van der Waals surface area contributed by atoms with E-state index in [1.807, 2.05) is 0 Å². The fourth-order valence-corrected chi connectivity index (χ4v) is 5.32. The lowest BCUT2D eigenvalue weighted by atomic mass is 10.1. The first-order chi connectivity index (χ1) is 18.2. The summed E-state index contributed by atoms with van der Waals surface area (Å²) in [7, 11) is 0. The molecule has 0 bridgehead atoms. The summed E-state index contributed by atoms with van der Waals surface area (Å²) in [5.41, 5.74) is 6.44. The number of halogens is 2. The average molecular weight is 590 g/mol. The summed E-state index contributed by atoms with van der Waals surface area (Å²) in [6, 6.07) is 2.78. The van der Waals surface area contributed by atoms with Crippen LogP contribution in [0, 0.1) is 0 Å². The number of thioether (sulfide) groups is 1. The normalized spacial score (nSPS) is 22.1. The van der Waals surface area contributed by atoms with E-state index in [2.05, 4.69) is 15.0 Å². The minimum atomic E-state index is -1.39. The first kappa shape index (κ1) is 28.6. The molecule has 0 radical (unpaired) electrons. The zero-order chi connectivity index (χ0) is 27.6. The predicted molar refractivity (Wildman–Crippen MR) is 137 cm³/mol. The number of aromatic nitrogens is 4. The summed E-state index contributed by atoms with van der Waals surface area (Å²) < 4.78 is 17.6. The van der Waals surface area contributed by atoms with E-state index in [-0.39, 0.29) is 62.5 Å². The first-order valence-electron chi connectivity index (χ1n) is 11.4.